The van der Waals surface area contributed by atoms with Gasteiger partial charge in [0.2, 0.25) is 0 Å². The number of benzene rings is 3. The van der Waals surface area contributed by atoms with Crippen LogP contribution < -0.4 is 5.43 Å². The zero-order valence-corrected chi connectivity index (χ0v) is 20.8. The number of nitro benzene ring substituents is 1. The maximum atomic E-state index is 12.5. The van der Waals surface area contributed by atoms with Crippen LogP contribution in [0.2, 0.25) is 0 Å². The van der Waals surface area contributed by atoms with Crippen LogP contribution in [0.3, 0.4) is 0 Å². The van der Waals surface area contributed by atoms with Crippen LogP contribution in [0, 0.1) is 24.0 Å². The Kier molecular flexibility index (Phi) is 7.55. The van der Waals surface area contributed by atoms with E-state index in [2.05, 4.69) is 20.7 Å². The van der Waals surface area contributed by atoms with Crippen LogP contribution >= 0.6 is 11.8 Å². The first-order chi connectivity index (χ1) is 17.3. The van der Waals surface area contributed by atoms with Crippen molar-refractivity contribution in [3.63, 3.8) is 0 Å². The predicted octanol–water partition coefficient (Wildman–Crippen LogP) is 5.09. The molecule has 3 aromatic carbocycles. The van der Waals surface area contributed by atoms with Crippen LogP contribution in [-0.4, -0.2) is 37.1 Å². The summed E-state index contributed by atoms with van der Waals surface area (Å²) in [7, 11) is 0. The molecule has 0 aliphatic heterocycles. The number of nitrogens with one attached hydrogen (secondary N) is 1. The van der Waals surface area contributed by atoms with Gasteiger partial charge in [-0.15, -0.1) is 10.2 Å². The van der Waals surface area contributed by atoms with Crippen LogP contribution in [0.25, 0.3) is 17.1 Å². The fourth-order valence-electron chi connectivity index (χ4n) is 3.38. The molecule has 4 aromatic rings. The van der Waals surface area contributed by atoms with Gasteiger partial charge < -0.3 is 0 Å². The van der Waals surface area contributed by atoms with Gasteiger partial charge >= 0.3 is 0 Å². The maximum absolute atomic E-state index is 12.5. The maximum Gasteiger partial charge on any atom is 0.269 e. The van der Waals surface area contributed by atoms with Crippen molar-refractivity contribution in [2.24, 2.45) is 5.10 Å². The summed E-state index contributed by atoms with van der Waals surface area (Å²) >= 11 is 1.26. The van der Waals surface area contributed by atoms with Crippen molar-refractivity contribution < 1.29 is 9.72 Å². The molecule has 1 amide bonds. The lowest BCUT2D eigenvalue weighted by atomic mass is 10.1. The van der Waals surface area contributed by atoms with Gasteiger partial charge in [0.1, 0.15) is 0 Å². The van der Waals surface area contributed by atoms with Crippen LogP contribution in [0.1, 0.15) is 23.6 Å². The van der Waals surface area contributed by atoms with Gasteiger partial charge in [-0.1, -0.05) is 59.3 Å². The number of aryl methyl sites for hydroxylation is 2. The van der Waals surface area contributed by atoms with Crippen molar-refractivity contribution in [1.82, 2.24) is 20.2 Å². The molecule has 0 fully saturated rings. The van der Waals surface area contributed by atoms with Crippen LogP contribution in [0.4, 0.5) is 5.69 Å². The number of carbonyl (C=O) groups excluding carboxylic acids is 1. The molecule has 1 heterocycles. The summed E-state index contributed by atoms with van der Waals surface area (Å²) < 4.78 is 1.94. The van der Waals surface area contributed by atoms with Gasteiger partial charge in [0.25, 0.3) is 11.6 Å². The standard InChI is InChI=1S/C26H24N6O3S/c1-17-4-8-21(9-5-17)25-29-30-26(31(25)22-12-6-18(2)7-13-22)36-16-24(33)28-27-19(3)20-10-14-23(15-11-20)32(34)35/h4-15H,16H2,1-3H3,(H,28,33)/b27-19+. The molecule has 182 valence electrons. The van der Waals surface area contributed by atoms with E-state index < -0.39 is 4.92 Å². The summed E-state index contributed by atoms with van der Waals surface area (Å²) in [5.74, 6) is 0.458. The molecule has 4 rings (SSSR count). The first kappa shape index (κ1) is 24.8. The zero-order valence-electron chi connectivity index (χ0n) is 20.0. The molecule has 0 bridgehead atoms. The number of hydrogen-bond acceptors (Lipinski definition) is 7. The summed E-state index contributed by atoms with van der Waals surface area (Å²) in [5, 5.41) is 24.3. The van der Waals surface area contributed by atoms with Crippen LogP contribution in [0.15, 0.2) is 83.1 Å². The number of nitrogens with zero attached hydrogens (tertiary/aromatic N) is 5. The largest absolute Gasteiger partial charge is 0.272 e. The van der Waals surface area contributed by atoms with Gasteiger partial charge in [-0.05, 0) is 50.6 Å². The molecule has 1 N–H and O–H groups in total. The van der Waals surface area contributed by atoms with Crippen LogP contribution in [0.5, 0.6) is 0 Å². The number of hydrogen-bond donors (Lipinski definition) is 1. The average molecular weight is 501 g/mol. The Morgan fingerprint density at radius 1 is 0.972 bits per heavy atom. The van der Waals surface area contributed by atoms with Gasteiger partial charge in [0.05, 0.1) is 16.4 Å². The Morgan fingerprint density at radius 2 is 1.58 bits per heavy atom. The van der Waals surface area contributed by atoms with Crippen molar-refractivity contribution in [2.75, 3.05) is 5.75 Å². The Balaban J connectivity index is 1.50. The van der Waals surface area contributed by atoms with Crippen molar-refractivity contribution in [1.29, 1.82) is 0 Å². The van der Waals surface area contributed by atoms with Crippen molar-refractivity contribution >= 4 is 29.1 Å². The fraction of sp³-hybridized carbons (Fsp3) is 0.154. The number of aromatic nitrogens is 3. The second-order valence-corrected chi connectivity index (χ2v) is 9.11. The number of rotatable bonds is 8. The van der Waals surface area contributed by atoms with E-state index >= 15 is 0 Å². The van der Waals surface area contributed by atoms with Crippen molar-refractivity contribution in [3.05, 3.63) is 99.6 Å². The lowest BCUT2D eigenvalue weighted by molar-refractivity contribution is -0.384. The number of thioether (sulfide) groups is 1. The van der Waals surface area contributed by atoms with E-state index in [9.17, 15) is 14.9 Å². The molecule has 0 saturated carbocycles. The van der Waals surface area contributed by atoms with E-state index in [0.29, 0.717) is 22.3 Å². The van der Waals surface area contributed by atoms with E-state index in [0.717, 1.165) is 22.4 Å². The second-order valence-electron chi connectivity index (χ2n) is 8.17. The normalized spacial score (nSPS) is 11.4. The smallest absolute Gasteiger partial charge is 0.269 e. The van der Waals surface area contributed by atoms with E-state index in [1.807, 2.05) is 66.9 Å². The van der Waals surface area contributed by atoms with Crippen molar-refractivity contribution in [3.8, 4) is 17.1 Å². The Hall–Kier alpha value is -4.31. The summed E-state index contributed by atoms with van der Waals surface area (Å²) in [6.45, 7) is 5.77. The zero-order chi connectivity index (χ0) is 25.7. The molecule has 0 aliphatic rings. The quantitative estimate of drug-likeness (QED) is 0.156. The SMILES string of the molecule is C/C(=N\NC(=O)CSc1nnc(-c2ccc(C)cc2)n1-c1ccc(C)cc1)c1ccc([N+](=O)[O-])cc1. The molecule has 0 aliphatic carbocycles. The van der Waals surface area contributed by atoms with Gasteiger partial charge in [-0.3, -0.25) is 19.5 Å². The molecule has 0 saturated heterocycles. The molecule has 36 heavy (non-hydrogen) atoms. The summed E-state index contributed by atoms with van der Waals surface area (Å²) in [6.07, 6.45) is 0. The van der Waals surface area contributed by atoms with E-state index in [-0.39, 0.29) is 17.3 Å². The first-order valence-corrected chi connectivity index (χ1v) is 12.1. The third-order valence-corrected chi connectivity index (χ3v) is 6.34. The first-order valence-electron chi connectivity index (χ1n) is 11.1. The van der Waals surface area contributed by atoms with Gasteiger partial charge in [-0.2, -0.15) is 5.10 Å². The molecule has 0 unspecified atom stereocenters. The number of amides is 1. The van der Waals surface area contributed by atoms with E-state index in [1.165, 1.54) is 23.9 Å². The molecule has 1 aromatic heterocycles. The number of carbonyl (C=O) groups is 1. The second kappa shape index (κ2) is 11.0. The number of hydrazone groups is 1. The molecule has 0 atom stereocenters. The van der Waals surface area contributed by atoms with Gasteiger partial charge in [0.15, 0.2) is 11.0 Å². The highest BCUT2D eigenvalue weighted by Gasteiger charge is 2.17. The van der Waals surface area contributed by atoms with E-state index in [4.69, 9.17) is 0 Å². The highest BCUT2D eigenvalue weighted by atomic mass is 32.2. The van der Waals surface area contributed by atoms with Gasteiger partial charge in [0, 0.05) is 23.4 Å². The summed E-state index contributed by atoms with van der Waals surface area (Å²) in [6, 6.07) is 22.1. The molecule has 10 heteroatoms. The minimum Gasteiger partial charge on any atom is -0.272 e. The average Bonchev–Trinajstić information content (AvgIpc) is 3.31. The molecule has 0 spiro atoms. The van der Waals surface area contributed by atoms with E-state index in [1.54, 1.807) is 19.1 Å². The lowest BCUT2D eigenvalue weighted by Crippen LogP contribution is -2.21. The third kappa shape index (κ3) is 5.84. The summed E-state index contributed by atoms with van der Waals surface area (Å²) in [4.78, 5) is 22.9. The topological polar surface area (TPSA) is 115 Å². The monoisotopic (exact) mass is 500 g/mol. The minimum atomic E-state index is -0.463. The molecular formula is C26H24N6O3S. The Labute approximate surface area is 212 Å². The molecule has 0 radical (unpaired) electrons. The Bertz CT molecular complexity index is 1410. The Morgan fingerprint density at radius 3 is 2.19 bits per heavy atom. The number of non-ortho nitro benzene ring substituents is 1. The highest BCUT2D eigenvalue weighted by Crippen LogP contribution is 2.28. The van der Waals surface area contributed by atoms with Gasteiger partial charge in [-0.25, -0.2) is 5.43 Å². The lowest BCUT2D eigenvalue weighted by Gasteiger charge is -2.11. The molecule has 9 nitrogen and oxygen atoms in total. The van der Waals surface area contributed by atoms with Crippen molar-refractivity contribution in [2.45, 2.75) is 25.9 Å². The predicted molar refractivity (Wildman–Crippen MR) is 140 cm³/mol. The third-order valence-electron chi connectivity index (χ3n) is 5.41. The van der Waals surface area contributed by atoms with Crippen LogP contribution in [-0.2, 0) is 4.79 Å². The molecular weight excluding hydrogens is 476 g/mol. The fourth-order valence-corrected chi connectivity index (χ4v) is 4.12. The summed E-state index contributed by atoms with van der Waals surface area (Å²) in [5.41, 5.74) is 7.85. The number of nitro groups is 1. The highest BCUT2D eigenvalue weighted by molar-refractivity contribution is 7.99. The minimum absolute atomic E-state index is 0.00493.